The molecule has 2 aliphatic carbocycles. The number of benzene rings is 2. The van der Waals surface area contributed by atoms with Crippen LogP contribution in [0.5, 0.6) is 0 Å². The molecule has 1 aliphatic heterocycles. The van der Waals surface area contributed by atoms with Gasteiger partial charge in [0.2, 0.25) is 5.91 Å². The third kappa shape index (κ3) is 4.77. The average molecular weight is 477 g/mol. The topological polar surface area (TPSA) is 95.9 Å². The number of rotatable bonds is 9. The fourth-order valence-electron chi connectivity index (χ4n) is 5.84. The summed E-state index contributed by atoms with van der Waals surface area (Å²) < 4.78 is 5.57. The molecule has 0 radical (unpaired) electrons. The lowest BCUT2D eigenvalue weighted by Gasteiger charge is -2.20. The molecule has 3 aliphatic rings. The maximum atomic E-state index is 12.4. The number of carboxylic acid groups (broad SMARTS) is 1. The van der Waals surface area contributed by atoms with Crippen molar-refractivity contribution in [2.45, 2.75) is 32.1 Å². The molecule has 0 bridgehead atoms. The monoisotopic (exact) mass is 476 g/mol. The molecule has 0 spiro atoms. The van der Waals surface area contributed by atoms with Crippen molar-refractivity contribution < 1.29 is 24.2 Å². The summed E-state index contributed by atoms with van der Waals surface area (Å²) in [6.45, 7) is 4.04. The van der Waals surface area contributed by atoms with Gasteiger partial charge in [0, 0.05) is 32.0 Å². The van der Waals surface area contributed by atoms with Crippen molar-refractivity contribution in [1.29, 1.82) is 0 Å². The van der Waals surface area contributed by atoms with Crippen LogP contribution in [0.1, 0.15) is 43.2 Å². The smallest absolute Gasteiger partial charge is 0.407 e. The van der Waals surface area contributed by atoms with E-state index in [-0.39, 0.29) is 35.5 Å². The number of ether oxygens (including phenoxy) is 1. The first kappa shape index (κ1) is 23.4. The van der Waals surface area contributed by atoms with Gasteiger partial charge >= 0.3 is 12.1 Å². The van der Waals surface area contributed by atoms with E-state index in [1.807, 2.05) is 29.2 Å². The number of carboxylic acids is 1. The Morgan fingerprint density at radius 1 is 1.00 bits per heavy atom. The number of likely N-dealkylation sites (tertiary alicyclic amines) is 1. The van der Waals surface area contributed by atoms with Crippen molar-refractivity contribution in [1.82, 2.24) is 10.2 Å². The molecule has 2 fully saturated rings. The second-order valence-electron chi connectivity index (χ2n) is 10.2. The second kappa shape index (κ2) is 9.72. The summed E-state index contributed by atoms with van der Waals surface area (Å²) in [4.78, 5) is 37.7. The molecule has 5 rings (SSSR count). The lowest BCUT2D eigenvalue weighted by Crippen LogP contribution is -2.32. The van der Waals surface area contributed by atoms with Gasteiger partial charge in [0.15, 0.2) is 0 Å². The summed E-state index contributed by atoms with van der Waals surface area (Å²) in [6, 6.07) is 16.5. The zero-order chi connectivity index (χ0) is 24.5. The van der Waals surface area contributed by atoms with Crippen molar-refractivity contribution in [3.05, 3.63) is 59.7 Å². The molecule has 7 heteroatoms. The van der Waals surface area contributed by atoms with Crippen molar-refractivity contribution in [2.75, 3.05) is 26.2 Å². The van der Waals surface area contributed by atoms with Crippen molar-refractivity contribution in [3.63, 3.8) is 0 Å². The number of piperidine rings is 1. The number of carbonyl (C=O) groups is 3. The molecular weight excluding hydrogens is 444 g/mol. The van der Waals surface area contributed by atoms with Crippen LogP contribution in [0.3, 0.4) is 0 Å². The normalized spacial score (nSPS) is 22.7. The Morgan fingerprint density at radius 3 is 2.20 bits per heavy atom. The van der Waals surface area contributed by atoms with Gasteiger partial charge in [0.1, 0.15) is 6.61 Å². The molecule has 1 saturated carbocycles. The average Bonchev–Trinajstić information content (AvgIpc) is 3.20. The van der Waals surface area contributed by atoms with Crippen LogP contribution in [-0.2, 0) is 14.3 Å². The highest BCUT2D eigenvalue weighted by atomic mass is 16.5. The maximum absolute atomic E-state index is 12.4. The van der Waals surface area contributed by atoms with Crippen LogP contribution in [0.2, 0.25) is 0 Å². The predicted octanol–water partition coefficient (Wildman–Crippen LogP) is 4.12. The minimum absolute atomic E-state index is 0.0421. The van der Waals surface area contributed by atoms with E-state index >= 15 is 0 Å². The van der Waals surface area contributed by atoms with E-state index < -0.39 is 12.1 Å². The van der Waals surface area contributed by atoms with E-state index in [0.717, 1.165) is 12.8 Å². The van der Waals surface area contributed by atoms with Crippen LogP contribution in [0.4, 0.5) is 4.79 Å². The van der Waals surface area contributed by atoms with Gasteiger partial charge in [-0.1, -0.05) is 55.5 Å². The lowest BCUT2D eigenvalue weighted by atomic mass is 9.98. The van der Waals surface area contributed by atoms with Crippen LogP contribution >= 0.6 is 0 Å². The number of nitrogens with one attached hydrogen (secondary N) is 1. The number of hydrogen-bond acceptors (Lipinski definition) is 4. The number of carbonyl (C=O) groups excluding carboxylic acids is 2. The Labute approximate surface area is 205 Å². The Hall–Kier alpha value is -3.35. The number of hydrogen-bond donors (Lipinski definition) is 2. The fraction of sp³-hybridized carbons (Fsp3) is 0.464. The van der Waals surface area contributed by atoms with Gasteiger partial charge in [-0.2, -0.15) is 0 Å². The molecule has 184 valence electrons. The zero-order valence-electron chi connectivity index (χ0n) is 20.0. The highest BCUT2D eigenvalue weighted by molar-refractivity contribution is 5.80. The summed E-state index contributed by atoms with van der Waals surface area (Å²) in [6.07, 6.45) is 1.56. The number of aliphatic carboxylic acids is 1. The molecule has 4 atom stereocenters. The van der Waals surface area contributed by atoms with Crippen LogP contribution < -0.4 is 5.32 Å². The van der Waals surface area contributed by atoms with Gasteiger partial charge in [-0.3, -0.25) is 9.59 Å². The SMILES string of the molecule is CC(CCNC(=O)OCC1c2ccccc2-c2ccccc21)CCC(=O)N1C[C@@H]2C(C(=O)O)[C@@H]2C1. The standard InChI is InChI=1S/C28H32N2O5/c1-17(10-11-25(31)30-14-22-23(15-30)26(22)27(32)33)12-13-29-28(34)35-16-24-20-8-4-2-6-18(20)19-7-3-5-9-21(19)24/h2-9,17,22-24,26H,10-16H2,1H3,(H,29,34)(H,32,33)/t17?,22-,23+,26?. The molecule has 7 nitrogen and oxygen atoms in total. The summed E-state index contributed by atoms with van der Waals surface area (Å²) in [5, 5.41) is 11.9. The summed E-state index contributed by atoms with van der Waals surface area (Å²) >= 11 is 0. The summed E-state index contributed by atoms with van der Waals surface area (Å²) in [5.74, 6) is -0.243. The van der Waals surface area contributed by atoms with Crippen LogP contribution in [-0.4, -0.2) is 54.2 Å². The van der Waals surface area contributed by atoms with Crippen LogP contribution in [0.25, 0.3) is 11.1 Å². The van der Waals surface area contributed by atoms with Gasteiger partial charge in [-0.25, -0.2) is 4.79 Å². The van der Waals surface area contributed by atoms with Gasteiger partial charge in [0.25, 0.3) is 0 Å². The predicted molar refractivity (Wildman–Crippen MR) is 131 cm³/mol. The molecule has 2 N–H and O–H groups in total. The fourth-order valence-corrected chi connectivity index (χ4v) is 5.84. The third-order valence-corrected chi connectivity index (χ3v) is 7.93. The molecule has 0 aromatic heterocycles. The van der Waals surface area contributed by atoms with Crippen molar-refractivity contribution >= 4 is 18.0 Å². The van der Waals surface area contributed by atoms with Gasteiger partial charge in [-0.15, -0.1) is 0 Å². The van der Waals surface area contributed by atoms with E-state index in [9.17, 15) is 14.4 Å². The quantitative estimate of drug-likeness (QED) is 0.568. The molecule has 35 heavy (non-hydrogen) atoms. The van der Waals surface area contributed by atoms with Gasteiger partial charge in [-0.05, 0) is 52.8 Å². The number of nitrogens with zero attached hydrogens (tertiary/aromatic N) is 1. The first-order valence-corrected chi connectivity index (χ1v) is 12.5. The first-order valence-electron chi connectivity index (χ1n) is 12.5. The minimum atomic E-state index is -0.732. The molecule has 1 heterocycles. The van der Waals surface area contributed by atoms with E-state index in [4.69, 9.17) is 9.84 Å². The lowest BCUT2D eigenvalue weighted by molar-refractivity contribution is -0.141. The maximum Gasteiger partial charge on any atom is 0.407 e. The summed E-state index contributed by atoms with van der Waals surface area (Å²) in [5.41, 5.74) is 4.78. The highest BCUT2D eigenvalue weighted by Crippen LogP contribution is 2.51. The molecule has 2 amide bonds. The number of fused-ring (bicyclic) bond motifs is 4. The molecule has 1 saturated heterocycles. The van der Waals surface area contributed by atoms with E-state index in [1.165, 1.54) is 22.3 Å². The Bertz CT molecular complexity index is 1070. The molecule has 2 unspecified atom stereocenters. The number of alkyl carbamates (subject to hydrolysis) is 1. The van der Waals surface area contributed by atoms with E-state index in [0.29, 0.717) is 32.7 Å². The zero-order valence-corrected chi connectivity index (χ0v) is 20.0. The van der Waals surface area contributed by atoms with E-state index in [2.05, 4.69) is 36.5 Å². The highest BCUT2D eigenvalue weighted by Gasteiger charge is 2.60. The van der Waals surface area contributed by atoms with Crippen LogP contribution in [0, 0.1) is 23.7 Å². The van der Waals surface area contributed by atoms with Crippen molar-refractivity contribution in [3.8, 4) is 11.1 Å². The Kier molecular flexibility index (Phi) is 6.50. The Morgan fingerprint density at radius 2 is 1.60 bits per heavy atom. The first-order chi connectivity index (χ1) is 16.9. The van der Waals surface area contributed by atoms with Gasteiger partial charge in [0.05, 0.1) is 5.92 Å². The molecular formula is C28H32N2O5. The van der Waals surface area contributed by atoms with Gasteiger partial charge < -0.3 is 20.1 Å². The van der Waals surface area contributed by atoms with Crippen LogP contribution in [0.15, 0.2) is 48.5 Å². The molecule has 2 aromatic rings. The Balaban J connectivity index is 1.00. The van der Waals surface area contributed by atoms with E-state index in [1.54, 1.807) is 0 Å². The number of amides is 2. The second-order valence-corrected chi connectivity index (χ2v) is 10.2. The van der Waals surface area contributed by atoms with Crippen molar-refractivity contribution in [2.24, 2.45) is 23.7 Å². The largest absolute Gasteiger partial charge is 0.481 e. The third-order valence-electron chi connectivity index (χ3n) is 7.93. The minimum Gasteiger partial charge on any atom is -0.481 e. The molecule has 2 aromatic carbocycles. The summed E-state index contributed by atoms with van der Waals surface area (Å²) in [7, 11) is 0.